The number of furan rings is 1. The fourth-order valence-electron chi connectivity index (χ4n) is 3.21. The molecule has 0 N–H and O–H groups in total. The SMILES string of the molecule is N#CCCN(Cc1ccco1)C(=O)CSc1nc2ccccc2n1-c1ccccc1. The van der Waals surface area contributed by atoms with Gasteiger partial charge in [-0.25, -0.2) is 4.98 Å². The third kappa shape index (κ3) is 4.39. The minimum absolute atomic E-state index is 0.0571. The highest BCUT2D eigenvalue weighted by molar-refractivity contribution is 7.99. The average Bonchev–Trinajstić information content (AvgIpc) is 3.42. The Morgan fingerprint density at radius 3 is 2.67 bits per heavy atom. The summed E-state index contributed by atoms with van der Waals surface area (Å²) < 4.78 is 7.44. The second-order valence-corrected chi connectivity index (χ2v) is 7.59. The lowest BCUT2D eigenvalue weighted by atomic mass is 10.3. The van der Waals surface area contributed by atoms with Gasteiger partial charge in [0.25, 0.3) is 0 Å². The maximum atomic E-state index is 12.9. The molecule has 0 radical (unpaired) electrons. The number of rotatable bonds is 8. The van der Waals surface area contributed by atoms with Crippen LogP contribution in [0.1, 0.15) is 12.2 Å². The number of aromatic nitrogens is 2. The summed E-state index contributed by atoms with van der Waals surface area (Å²) in [5.74, 6) is 0.864. The van der Waals surface area contributed by atoms with Gasteiger partial charge < -0.3 is 9.32 Å². The third-order valence-electron chi connectivity index (χ3n) is 4.64. The molecule has 2 aromatic heterocycles. The Bertz CT molecular complexity index is 1160. The van der Waals surface area contributed by atoms with Crippen LogP contribution in [0.4, 0.5) is 0 Å². The number of carbonyl (C=O) groups excluding carboxylic acids is 1. The summed E-state index contributed by atoms with van der Waals surface area (Å²) in [4.78, 5) is 19.3. The lowest BCUT2D eigenvalue weighted by molar-refractivity contribution is -0.129. The van der Waals surface area contributed by atoms with Crippen LogP contribution < -0.4 is 0 Å². The van der Waals surface area contributed by atoms with Gasteiger partial charge in [-0.15, -0.1) is 0 Å². The van der Waals surface area contributed by atoms with E-state index in [9.17, 15) is 4.79 Å². The van der Waals surface area contributed by atoms with Crippen molar-refractivity contribution < 1.29 is 9.21 Å². The van der Waals surface area contributed by atoms with Crippen LogP contribution in [0, 0.1) is 11.3 Å². The van der Waals surface area contributed by atoms with E-state index in [4.69, 9.17) is 14.7 Å². The summed E-state index contributed by atoms with van der Waals surface area (Å²) in [7, 11) is 0. The van der Waals surface area contributed by atoms with E-state index in [2.05, 4.69) is 10.6 Å². The first-order valence-corrected chi connectivity index (χ1v) is 10.6. The van der Waals surface area contributed by atoms with Crippen molar-refractivity contribution in [2.24, 2.45) is 0 Å². The van der Waals surface area contributed by atoms with Crippen LogP contribution in [0.15, 0.2) is 82.6 Å². The summed E-state index contributed by atoms with van der Waals surface area (Å²) in [5.41, 5.74) is 2.88. The normalized spacial score (nSPS) is 10.8. The maximum absolute atomic E-state index is 12.9. The van der Waals surface area contributed by atoms with E-state index in [0.717, 1.165) is 21.9 Å². The Kier molecular flexibility index (Phi) is 6.16. The number of carbonyl (C=O) groups is 1. The van der Waals surface area contributed by atoms with Crippen molar-refractivity contribution in [2.45, 2.75) is 18.1 Å². The number of nitriles is 1. The lowest BCUT2D eigenvalue weighted by Gasteiger charge is -2.20. The molecule has 1 amide bonds. The molecule has 6 nitrogen and oxygen atoms in total. The monoisotopic (exact) mass is 416 g/mol. The molecule has 0 spiro atoms. The molecule has 0 unspecified atom stereocenters. The number of nitrogens with zero attached hydrogens (tertiary/aromatic N) is 4. The van der Waals surface area contributed by atoms with Gasteiger partial charge in [-0.3, -0.25) is 9.36 Å². The van der Waals surface area contributed by atoms with Gasteiger partial charge >= 0.3 is 0 Å². The first-order chi connectivity index (χ1) is 14.8. The zero-order chi connectivity index (χ0) is 20.8. The number of benzene rings is 2. The summed E-state index contributed by atoms with van der Waals surface area (Å²) in [6, 6.07) is 23.6. The van der Waals surface area contributed by atoms with Crippen LogP contribution >= 0.6 is 11.8 Å². The number of fused-ring (bicyclic) bond motifs is 1. The molecule has 0 aliphatic carbocycles. The standard InChI is InChI=1S/C23H20N4O2S/c24-13-7-14-26(16-19-10-6-15-29-19)22(28)17-30-23-25-20-11-4-5-12-21(20)27(23)18-8-2-1-3-9-18/h1-6,8-12,15H,7,14,16-17H2. The topological polar surface area (TPSA) is 75.1 Å². The highest BCUT2D eigenvalue weighted by Crippen LogP contribution is 2.28. The number of para-hydroxylation sites is 3. The molecular formula is C23H20N4O2S. The summed E-state index contributed by atoms with van der Waals surface area (Å²) in [6.45, 7) is 0.717. The molecule has 4 aromatic rings. The minimum Gasteiger partial charge on any atom is -0.467 e. The molecule has 0 saturated carbocycles. The molecule has 0 bridgehead atoms. The molecule has 0 aliphatic heterocycles. The van der Waals surface area contributed by atoms with Gasteiger partial charge in [-0.1, -0.05) is 42.1 Å². The zero-order valence-corrected chi connectivity index (χ0v) is 17.1. The summed E-state index contributed by atoms with van der Waals surface area (Å²) >= 11 is 1.40. The van der Waals surface area contributed by atoms with E-state index < -0.39 is 0 Å². The number of amides is 1. The van der Waals surface area contributed by atoms with Crippen molar-refractivity contribution in [2.75, 3.05) is 12.3 Å². The first kappa shape index (κ1) is 19.8. The molecule has 0 saturated heterocycles. The van der Waals surface area contributed by atoms with Gasteiger partial charge in [0.1, 0.15) is 5.76 Å². The predicted molar refractivity (Wildman–Crippen MR) is 116 cm³/mol. The van der Waals surface area contributed by atoms with Crippen LogP contribution in [0.25, 0.3) is 16.7 Å². The second kappa shape index (κ2) is 9.33. The van der Waals surface area contributed by atoms with Gasteiger partial charge in [-0.2, -0.15) is 5.26 Å². The van der Waals surface area contributed by atoms with E-state index in [1.807, 2.05) is 60.7 Å². The Balaban J connectivity index is 1.56. The van der Waals surface area contributed by atoms with Gasteiger partial charge in [0.05, 0.1) is 42.1 Å². The largest absolute Gasteiger partial charge is 0.467 e. The van der Waals surface area contributed by atoms with Crippen molar-refractivity contribution in [1.82, 2.24) is 14.5 Å². The van der Waals surface area contributed by atoms with Crippen molar-refractivity contribution in [1.29, 1.82) is 5.26 Å². The fourth-order valence-corrected chi connectivity index (χ4v) is 4.14. The molecule has 7 heteroatoms. The molecule has 0 fully saturated rings. The van der Waals surface area contributed by atoms with Crippen molar-refractivity contribution in [3.8, 4) is 11.8 Å². The number of imidazole rings is 1. The summed E-state index contributed by atoms with van der Waals surface area (Å²) in [6.07, 6.45) is 1.86. The maximum Gasteiger partial charge on any atom is 0.233 e. The fraction of sp³-hybridized carbons (Fsp3) is 0.174. The van der Waals surface area contributed by atoms with Gasteiger partial charge in [0.2, 0.25) is 5.91 Å². The van der Waals surface area contributed by atoms with Crippen LogP contribution in [0.2, 0.25) is 0 Å². The van der Waals surface area contributed by atoms with Crippen molar-refractivity contribution >= 4 is 28.7 Å². The zero-order valence-electron chi connectivity index (χ0n) is 16.3. The van der Waals surface area contributed by atoms with Gasteiger partial charge in [0, 0.05) is 12.2 Å². The van der Waals surface area contributed by atoms with Crippen LogP contribution in [-0.2, 0) is 11.3 Å². The highest BCUT2D eigenvalue weighted by atomic mass is 32.2. The summed E-state index contributed by atoms with van der Waals surface area (Å²) in [5, 5.41) is 9.70. The molecule has 2 heterocycles. The molecule has 30 heavy (non-hydrogen) atoms. The van der Waals surface area contributed by atoms with Gasteiger partial charge in [-0.05, 0) is 36.4 Å². The molecular weight excluding hydrogens is 396 g/mol. The lowest BCUT2D eigenvalue weighted by Crippen LogP contribution is -2.32. The van der Waals surface area contributed by atoms with E-state index in [1.54, 1.807) is 17.2 Å². The van der Waals surface area contributed by atoms with Gasteiger partial charge in [0.15, 0.2) is 5.16 Å². The molecule has 2 aromatic carbocycles. The Morgan fingerprint density at radius 1 is 1.10 bits per heavy atom. The smallest absolute Gasteiger partial charge is 0.233 e. The first-order valence-electron chi connectivity index (χ1n) is 9.59. The average molecular weight is 417 g/mol. The van der Waals surface area contributed by atoms with Crippen LogP contribution in [-0.4, -0.2) is 32.7 Å². The minimum atomic E-state index is -0.0571. The second-order valence-electron chi connectivity index (χ2n) is 6.65. The van der Waals surface area contributed by atoms with Crippen LogP contribution in [0.3, 0.4) is 0 Å². The Hall–Kier alpha value is -3.50. The Morgan fingerprint density at radius 2 is 1.90 bits per heavy atom. The van der Waals surface area contributed by atoms with Crippen molar-refractivity contribution in [3.05, 3.63) is 78.8 Å². The Labute approximate surface area is 178 Å². The van der Waals surface area contributed by atoms with E-state index >= 15 is 0 Å². The predicted octanol–water partition coefficient (Wildman–Crippen LogP) is 4.65. The van der Waals surface area contributed by atoms with E-state index in [1.165, 1.54) is 11.8 Å². The molecule has 0 aliphatic rings. The number of thioether (sulfide) groups is 1. The van der Waals surface area contributed by atoms with Crippen LogP contribution in [0.5, 0.6) is 0 Å². The molecule has 0 atom stereocenters. The highest BCUT2D eigenvalue weighted by Gasteiger charge is 2.18. The molecule has 150 valence electrons. The van der Waals surface area contributed by atoms with E-state index in [-0.39, 0.29) is 18.1 Å². The number of hydrogen-bond acceptors (Lipinski definition) is 5. The third-order valence-corrected chi connectivity index (χ3v) is 5.57. The number of hydrogen-bond donors (Lipinski definition) is 0. The van der Waals surface area contributed by atoms with E-state index in [0.29, 0.717) is 18.8 Å². The molecule has 4 rings (SSSR count). The quantitative estimate of drug-likeness (QED) is 0.391. The van der Waals surface area contributed by atoms with Crippen molar-refractivity contribution in [3.63, 3.8) is 0 Å².